The Labute approximate surface area is 171 Å². The van der Waals surface area contributed by atoms with Gasteiger partial charge in [-0.1, -0.05) is 35.9 Å². The first-order valence-corrected chi connectivity index (χ1v) is 9.20. The van der Waals surface area contributed by atoms with E-state index >= 15 is 0 Å². The van der Waals surface area contributed by atoms with E-state index in [1.165, 1.54) is 14.0 Å². The lowest BCUT2D eigenvalue weighted by Crippen LogP contribution is -2.22. The van der Waals surface area contributed by atoms with Crippen LogP contribution < -0.4 is 10.3 Å². The molecule has 29 heavy (non-hydrogen) atoms. The maximum absolute atomic E-state index is 13.0. The average molecular weight is 415 g/mol. The van der Waals surface area contributed by atoms with Crippen LogP contribution in [0.25, 0.3) is 5.69 Å². The summed E-state index contributed by atoms with van der Waals surface area (Å²) in [4.78, 5) is 37.6. The zero-order valence-electron chi connectivity index (χ0n) is 15.8. The molecule has 0 aliphatic rings. The zero-order valence-corrected chi connectivity index (χ0v) is 16.6. The number of methoxy groups -OCH3 is 1. The SMILES string of the molecule is COc1ccc(CC(=O)c2c(C(C)C(=O)O)[nH]n(-c3ccccc3Cl)c2=O)cc1. The van der Waals surface area contributed by atoms with Gasteiger partial charge in [-0.2, -0.15) is 0 Å². The third kappa shape index (κ3) is 4.09. The Morgan fingerprint density at radius 3 is 2.41 bits per heavy atom. The van der Waals surface area contributed by atoms with E-state index in [1.54, 1.807) is 48.5 Å². The topological polar surface area (TPSA) is 101 Å². The summed E-state index contributed by atoms with van der Waals surface area (Å²) in [5.41, 5.74) is 0.229. The maximum atomic E-state index is 13.0. The Balaban J connectivity index is 2.08. The molecule has 0 aliphatic carbocycles. The number of aromatic nitrogens is 2. The summed E-state index contributed by atoms with van der Waals surface area (Å²) < 4.78 is 6.21. The number of nitrogens with one attached hydrogen (secondary N) is 1. The van der Waals surface area contributed by atoms with Crippen molar-refractivity contribution in [3.8, 4) is 11.4 Å². The minimum atomic E-state index is -1.16. The van der Waals surface area contributed by atoms with Crippen molar-refractivity contribution in [2.45, 2.75) is 19.3 Å². The first kappa shape index (κ1) is 20.4. The van der Waals surface area contributed by atoms with E-state index in [4.69, 9.17) is 16.3 Å². The summed E-state index contributed by atoms with van der Waals surface area (Å²) >= 11 is 6.18. The molecule has 1 atom stereocenters. The Morgan fingerprint density at radius 1 is 1.17 bits per heavy atom. The monoisotopic (exact) mass is 414 g/mol. The summed E-state index contributed by atoms with van der Waals surface area (Å²) in [7, 11) is 1.54. The second-order valence-corrected chi connectivity index (χ2v) is 6.91. The van der Waals surface area contributed by atoms with Gasteiger partial charge in [-0.05, 0) is 36.8 Å². The van der Waals surface area contributed by atoms with Gasteiger partial charge in [0.25, 0.3) is 5.56 Å². The zero-order chi connectivity index (χ0) is 21.1. The number of Topliss-reactive ketones (excluding diaryl/α,β-unsaturated/α-hetero) is 1. The number of rotatable bonds is 7. The Morgan fingerprint density at radius 2 is 1.83 bits per heavy atom. The van der Waals surface area contributed by atoms with Crippen LogP contribution in [-0.4, -0.2) is 33.7 Å². The van der Waals surface area contributed by atoms with Crippen LogP contribution in [-0.2, 0) is 11.2 Å². The van der Waals surface area contributed by atoms with Crippen LogP contribution in [0, 0.1) is 0 Å². The molecule has 0 fully saturated rings. The van der Waals surface area contributed by atoms with Gasteiger partial charge >= 0.3 is 5.97 Å². The van der Waals surface area contributed by atoms with Gasteiger partial charge in [0.05, 0.1) is 29.4 Å². The maximum Gasteiger partial charge on any atom is 0.312 e. The molecular weight excluding hydrogens is 396 g/mol. The van der Waals surface area contributed by atoms with Crippen molar-refractivity contribution >= 4 is 23.4 Å². The molecule has 8 heteroatoms. The number of carboxylic acid groups (broad SMARTS) is 1. The number of carboxylic acids is 1. The predicted octanol–water partition coefficient (Wildman–Crippen LogP) is 3.44. The van der Waals surface area contributed by atoms with E-state index < -0.39 is 23.2 Å². The Bertz CT molecular complexity index is 1110. The van der Waals surface area contributed by atoms with E-state index in [-0.39, 0.29) is 17.7 Å². The number of aliphatic carboxylic acids is 1. The molecule has 0 spiro atoms. The van der Waals surface area contributed by atoms with Gasteiger partial charge in [0.15, 0.2) is 5.78 Å². The second-order valence-electron chi connectivity index (χ2n) is 6.50. The van der Waals surface area contributed by atoms with Gasteiger partial charge in [-0.3, -0.25) is 19.5 Å². The van der Waals surface area contributed by atoms with Gasteiger partial charge < -0.3 is 9.84 Å². The van der Waals surface area contributed by atoms with Crippen LogP contribution in [0.3, 0.4) is 0 Å². The molecule has 0 amide bonds. The van der Waals surface area contributed by atoms with Gasteiger partial charge in [0.1, 0.15) is 11.3 Å². The second kappa shape index (κ2) is 8.36. The summed E-state index contributed by atoms with van der Waals surface area (Å²) in [5, 5.41) is 12.5. The van der Waals surface area contributed by atoms with Crippen molar-refractivity contribution in [1.29, 1.82) is 0 Å². The highest BCUT2D eigenvalue weighted by Gasteiger charge is 2.28. The lowest BCUT2D eigenvalue weighted by atomic mass is 9.98. The molecule has 0 radical (unpaired) electrons. The van der Waals surface area contributed by atoms with Gasteiger partial charge in [0, 0.05) is 6.42 Å². The largest absolute Gasteiger partial charge is 0.497 e. The number of aromatic amines is 1. The molecule has 0 bridgehead atoms. The van der Waals surface area contributed by atoms with Crippen molar-refractivity contribution in [1.82, 2.24) is 9.78 Å². The van der Waals surface area contributed by atoms with E-state index in [1.807, 2.05) is 0 Å². The fourth-order valence-corrected chi connectivity index (χ4v) is 3.20. The molecule has 1 unspecified atom stereocenters. The third-order valence-electron chi connectivity index (χ3n) is 4.62. The number of hydrogen-bond acceptors (Lipinski definition) is 4. The highest BCUT2D eigenvalue weighted by molar-refractivity contribution is 6.32. The fourth-order valence-electron chi connectivity index (χ4n) is 2.98. The van der Waals surface area contributed by atoms with Gasteiger partial charge in [0.2, 0.25) is 0 Å². The number of para-hydroxylation sites is 1. The molecule has 2 N–H and O–H groups in total. The third-order valence-corrected chi connectivity index (χ3v) is 4.94. The summed E-state index contributed by atoms with van der Waals surface area (Å²) in [6.45, 7) is 1.41. The van der Waals surface area contributed by atoms with Crippen molar-refractivity contribution in [3.63, 3.8) is 0 Å². The number of hydrogen-bond donors (Lipinski definition) is 2. The molecule has 0 saturated heterocycles. The van der Waals surface area contributed by atoms with Crippen LogP contribution in [0.5, 0.6) is 5.75 Å². The Kier molecular flexibility index (Phi) is 5.89. The first-order valence-electron chi connectivity index (χ1n) is 8.82. The standard InChI is InChI=1S/C21H19ClN2O5/c1-12(21(27)28)19-18(17(25)11-13-7-9-14(29-2)10-8-13)20(26)24(23-19)16-6-4-3-5-15(16)22/h3-10,12,23H,11H2,1-2H3,(H,27,28). The van der Waals surface area contributed by atoms with Gasteiger partial charge in [-0.15, -0.1) is 0 Å². The van der Waals surface area contributed by atoms with Crippen LogP contribution in [0.15, 0.2) is 53.3 Å². The number of ether oxygens (including phenoxy) is 1. The molecule has 2 aromatic carbocycles. The lowest BCUT2D eigenvalue weighted by molar-refractivity contribution is -0.138. The van der Waals surface area contributed by atoms with E-state index in [9.17, 15) is 19.5 Å². The van der Waals surface area contributed by atoms with Crippen molar-refractivity contribution in [2.24, 2.45) is 0 Å². The van der Waals surface area contributed by atoms with Gasteiger partial charge in [-0.25, -0.2) is 4.68 Å². The number of halogens is 1. The normalized spacial score (nSPS) is 11.8. The number of H-pyrrole nitrogens is 1. The van der Waals surface area contributed by atoms with Crippen LogP contribution in [0.2, 0.25) is 5.02 Å². The molecule has 7 nitrogen and oxygen atoms in total. The highest BCUT2D eigenvalue weighted by atomic mass is 35.5. The molecule has 150 valence electrons. The van der Waals surface area contributed by atoms with Crippen molar-refractivity contribution in [3.05, 3.63) is 80.7 Å². The quantitative estimate of drug-likeness (QED) is 0.576. The van der Waals surface area contributed by atoms with Crippen LogP contribution >= 0.6 is 11.6 Å². The molecular formula is C21H19ClN2O5. The van der Waals surface area contributed by atoms with Crippen molar-refractivity contribution < 1.29 is 19.4 Å². The smallest absolute Gasteiger partial charge is 0.312 e. The highest BCUT2D eigenvalue weighted by Crippen LogP contribution is 2.23. The average Bonchev–Trinajstić information content (AvgIpc) is 3.05. The number of nitrogens with zero attached hydrogens (tertiary/aromatic N) is 1. The number of ketones is 1. The number of carbonyl (C=O) groups is 2. The lowest BCUT2D eigenvalue weighted by Gasteiger charge is -2.07. The summed E-state index contributed by atoms with van der Waals surface area (Å²) in [6.07, 6.45) is -0.0566. The molecule has 1 heterocycles. The molecule has 1 aromatic heterocycles. The van der Waals surface area contributed by atoms with Crippen LogP contribution in [0.4, 0.5) is 0 Å². The molecule has 0 saturated carbocycles. The molecule has 0 aliphatic heterocycles. The van der Waals surface area contributed by atoms with E-state index in [0.717, 1.165) is 4.68 Å². The minimum absolute atomic E-state index is 0.0425. The number of benzene rings is 2. The molecule has 3 rings (SSSR count). The predicted molar refractivity (Wildman–Crippen MR) is 108 cm³/mol. The molecule has 3 aromatic rings. The minimum Gasteiger partial charge on any atom is -0.497 e. The van der Waals surface area contributed by atoms with Crippen LogP contribution in [0.1, 0.15) is 34.5 Å². The van der Waals surface area contributed by atoms with E-state index in [0.29, 0.717) is 22.0 Å². The summed E-state index contributed by atoms with van der Waals surface area (Å²) in [5.74, 6) is -2.08. The fraction of sp³-hybridized carbons (Fsp3) is 0.190. The Hall–Kier alpha value is -3.32. The van der Waals surface area contributed by atoms with Crippen molar-refractivity contribution in [2.75, 3.05) is 7.11 Å². The summed E-state index contributed by atoms with van der Waals surface area (Å²) in [6, 6.07) is 13.5. The number of carbonyl (C=O) groups excluding carboxylic acids is 1. The first-order chi connectivity index (χ1) is 13.8. The van der Waals surface area contributed by atoms with E-state index in [2.05, 4.69) is 5.10 Å².